The van der Waals surface area contributed by atoms with Crippen LogP contribution in [-0.4, -0.2) is 20.8 Å². The first-order valence-electron chi connectivity index (χ1n) is 11.2. The molecule has 1 unspecified atom stereocenters. The van der Waals surface area contributed by atoms with Crippen LogP contribution in [0.2, 0.25) is 5.02 Å². The predicted octanol–water partition coefficient (Wildman–Crippen LogP) is 8.17. The lowest BCUT2D eigenvalue weighted by Crippen LogP contribution is -2.49. The van der Waals surface area contributed by atoms with Crippen LogP contribution in [0.15, 0.2) is 18.2 Å². The highest BCUT2D eigenvalue weighted by molar-refractivity contribution is 6.68. The van der Waals surface area contributed by atoms with Gasteiger partial charge in [-0.25, -0.2) is 0 Å². The fraction of sp³-hybridized carbons (Fsp3) is 0.682. The Labute approximate surface area is 210 Å². The number of nitrogens with one attached hydrogen (secondary N) is 2. The van der Waals surface area contributed by atoms with Crippen molar-refractivity contribution >= 4 is 63.7 Å². The van der Waals surface area contributed by atoms with Crippen molar-refractivity contribution in [2.45, 2.75) is 93.9 Å². The first kappa shape index (κ1) is 29.1. The summed E-state index contributed by atoms with van der Waals surface area (Å²) in [6.07, 6.45) is 12.4. The lowest BCUT2D eigenvalue weighted by atomic mass is 10.1. The van der Waals surface area contributed by atoms with E-state index >= 15 is 0 Å². The Hall–Kier alpha value is -0.950. The molecule has 0 aliphatic rings. The highest BCUT2D eigenvalue weighted by Gasteiger charge is 2.34. The quantitative estimate of drug-likeness (QED) is 0.0744. The number of anilines is 1. The number of amides is 1. The minimum atomic E-state index is -1.85. The summed E-state index contributed by atoms with van der Waals surface area (Å²) in [5.41, 5.74) is 0.148. The fourth-order valence-electron chi connectivity index (χ4n) is 3.27. The maximum absolute atomic E-state index is 12.3. The van der Waals surface area contributed by atoms with Gasteiger partial charge in [0.15, 0.2) is 0 Å². The van der Waals surface area contributed by atoms with E-state index in [-0.39, 0.29) is 16.6 Å². The second kappa shape index (κ2) is 15.8. The van der Waals surface area contributed by atoms with Gasteiger partial charge >= 0.3 is 0 Å². The normalized spacial score (nSPS) is 12.4. The highest BCUT2D eigenvalue weighted by atomic mass is 35.6. The van der Waals surface area contributed by atoms with Gasteiger partial charge < -0.3 is 10.6 Å². The second-order valence-electron chi connectivity index (χ2n) is 7.89. The molecule has 32 heavy (non-hydrogen) atoms. The molecule has 0 heterocycles. The molecule has 182 valence electrons. The molecule has 0 fully saturated rings. The summed E-state index contributed by atoms with van der Waals surface area (Å²) < 4.78 is -1.85. The van der Waals surface area contributed by atoms with Gasteiger partial charge in [-0.3, -0.25) is 14.9 Å². The maximum atomic E-state index is 12.3. The molecule has 1 amide bonds. The first-order chi connectivity index (χ1) is 15.1. The number of hydrogen-bond acceptors (Lipinski definition) is 4. The van der Waals surface area contributed by atoms with Crippen molar-refractivity contribution in [2.24, 2.45) is 0 Å². The summed E-state index contributed by atoms with van der Waals surface area (Å²) in [7, 11) is 0. The Kier molecular flexibility index (Phi) is 14.4. The molecule has 1 atom stereocenters. The van der Waals surface area contributed by atoms with Crippen LogP contribution in [0.5, 0.6) is 0 Å². The number of halogens is 4. The summed E-state index contributed by atoms with van der Waals surface area (Å²) in [4.78, 5) is 22.6. The number of carbonyl (C=O) groups excluding carboxylic acids is 1. The summed E-state index contributed by atoms with van der Waals surface area (Å²) in [5, 5.41) is 16.4. The van der Waals surface area contributed by atoms with E-state index in [1.54, 1.807) is 0 Å². The largest absolute Gasteiger partial charge is 0.361 e. The minimum absolute atomic E-state index is 0.0815. The number of alkyl halides is 3. The SMILES string of the molecule is CCCCCCCCCCCCCC(=O)NC(Nc1ccc([N+](=O)[O-])cc1Cl)C(Cl)(Cl)Cl. The van der Waals surface area contributed by atoms with Gasteiger partial charge in [-0.05, 0) is 12.5 Å². The number of nitro groups is 1. The smallest absolute Gasteiger partial charge is 0.271 e. The fourth-order valence-corrected chi connectivity index (χ4v) is 3.83. The van der Waals surface area contributed by atoms with Gasteiger partial charge in [-0.1, -0.05) is 118 Å². The predicted molar refractivity (Wildman–Crippen MR) is 135 cm³/mol. The van der Waals surface area contributed by atoms with Gasteiger partial charge in [0.25, 0.3) is 5.69 Å². The molecule has 0 saturated heterocycles. The van der Waals surface area contributed by atoms with E-state index in [4.69, 9.17) is 46.4 Å². The van der Waals surface area contributed by atoms with Crippen molar-refractivity contribution in [1.82, 2.24) is 5.32 Å². The summed E-state index contributed by atoms with van der Waals surface area (Å²) in [6, 6.07) is 3.86. The number of non-ortho nitro benzene ring substituents is 1. The van der Waals surface area contributed by atoms with E-state index in [2.05, 4.69) is 17.6 Å². The van der Waals surface area contributed by atoms with Crippen LogP contribution in [-0.2, 0) is 4.79 Å². The molecule has 6 nitrogen and oxygen atoms in total. The average Bonchev–Trinajstić information content (AvgIpc) is 2.72. The lowest BCUT2D eigenvalue weighted by molar-refractivity contribution is -0.384. The van der Waals surface area contributed by atoms with Crippen molar-refractivity contribution < 1.29 is 9.72 Å². The summed E-state index contributed by atoms with van der Waals surface area (Å²) >= 11 is 24.1. The van der Waals surface area contributed by atoms with Crippen LogP contribution in [0.4, 0.5) is 11.4 Å². The van der Waals surface area contributed by atoms with Crippen LogP contribution in [0.1, 0.15) is 84.0 Å². The molecule has 0 spiro atoms. The third kappa shape index (κ3) is 12.3. The molecule has 1 rings (SSSR count). The monoisotopic (exact) mass is 527 g/mol. The van der Waals surface area contributed by atoms with Gasteiger partial charge in [-0.15, -0.1) is 0 Å². The Morgan fingerprint density at radius 2 is 1.53 bits per heavy atom. The molecule has 2 N–H and O–H groups in total. The average molecular weight is 529 g/mol. The number of carbonyl (C=O) groups is 1. The molecule has 10 heteroatoms. The Morgan fingerprint density at radius 3 is 2.00 bits per heavy atom. The molecule has 0 aromatic heterocycles. The maximum Gasteiger partial charge on any atom is 0.271 e. The first-order valence-corrected chi connectivity index (χ1v) is 12.7. The second-order valence-corrected chi connectivity index (χ2v) is 10.7. The number of nitro benzene ring substituents is 1. The standard InChI is InChI=1S/C22H33Cl4N3O3/c1-2-3-4-5-6-7-8-9-10-11-12-13-20(30)28-21(22(24,25)26)27-19-15-14-17(29(31)32)16-18(19)23/h14-16,21,27H,2-13H2,1H3,(H,28,30). The van der Waals surface area contributed by atoms with E-state index in [9.17, 15) is 14.9 Å². The third-order valence-electron chi connectivity index (χ3n) is 5.10. The Morgan fingerprint density at radius 1 is 1.00 bits per heavy atom. The molecule has 0 aliphatic heterocycles. The van der Waals surface area contributed by atoms with Crippen LogP contribution in [0.25, 0.3) is 0 Å². The van der Waals surface area contributed by atoms with Crippen molar-refractivity contribution in [3.05, 3.63) is 33.3 Å². The van der Waals surface area contributed by atoms with E-state index in [0.717, 1.165) is 19.3 Å². The topological polar surface area (TPSA) is 84.3 Å². The highest BCUT2D eigenvalue weighted by Crippen LogP contribution is 2.34. The van der Waals surface area contributed by atoms with Crippen LogP contribution in [0, 0.1) is 10.1 Å². The zero-order valence-corrected chi connectivity index (χ0v) is 21.5. The Bertz CT molecular complexity index is 714. The molecular weight excluding hydrogens is 496 g/mol. The number of hydrogen-bond donors (Lipinski definition) is 2. The molecule has 0 saturated carbocycles. The van der Waals surface area contributed by atoms with Crippen molar-refractivity contribution in [3.8, 4) is 0 Å². The van der Waals surface area contributed by atoms with E-state index in [1.165, 1.54) is 69.6 Å². The molecule has 0 radical (unpaired) electrons. The summed E-state index contributed by atoms with van der Waals surface area (Å²) in [6.45, 7) is 2.23. The summed E-state index contributed by atoms with van der Waals surface area (Å²) in [5.74, 6) is -0.247. The van der Waals surface area contributed by atoms with Crippen molar-refractivity contribution in [3.63, 3.8) is 0 Å². The molecule has 1 aromatic rings. The molecule has 0 aliphatic carbocycles. The van der Waals surface area contributed by atoms with Crippen LogP contribution in [0.3, 0.4) is 0 Å². The van der Waals surface area contributed by atoms with Crippen molar-refractivity contribution in [1.29, 1.82) is 0 Å². The van der Waals surface area contributed by atoms with Gasteiger partial charge in [0.2, 0.25) is 9.70 Å². The van der Waals surface area contributed by atoms with E-state index in [0.29, 0.717) is 12.1 Å². The number of nitrogens with zero attached hydrogens (tertiary/aromatic N) is 1. The van der Waals surface area contributed by atoms with Crippen LogP contribution < -0.4 is 10.6 Å². The zero-order chi connectivity index (χ0) is 24.0. The number of benzene rings is 1. The molecule has 1 aromatic carbocycles. The van der Waals surface area contributed by atoms with Gasteiger partial charge in [0.1, 0.15) is 6.17 Å². The number of rotatable bonds is 16. The van der Waals surface area contributed by atoms with Crippen molar-refractivity contribution in [2.75, 3.05) is 5.32 Å². The minimum Gasteiger partial charge on any atom is -0.361 e. The zero-order valence-electron chi connectivity index (χ0n) is 18.5. The van der Waals surface area contributed by atoms with Gasteiger partial charge in [0, 0.05) is 18.6 Å². The van der Waals surface area contributed by atoms with E-state index < -0.39 is 14.9 Å². The van der Waals surface area contributed by atoms with E-state index in [1.807, 2.05) is 0 Å². The molecule has 0 bridgehead atoms. The lowest BCUT2D eigenvalue weighted by Gasteiger charge is -2.27. The number of unbranched alkanes of at least 4 members (excludes halogenated alkanes) is 10. The van der Waals surface area contributed by atoms with Gasteiger partial charge in [0.05, 0.1) is 15.6 Å². The van der Waals surface area contributed by atoms with Crippen LogP contribution >= 0.6 is 46.4 Å². The van der Waals surface area contributed by atoms with Gasteiger partial charge in [-0.2, -0.15) is 0 Å². The third-order valence-corrected chi connectivity index (χ3v) is 6.07. The Balaban J connectivity index is 2.35. The molecular formula is C22H33Cl4N3O3.